The first-order chi connectivity index (χ1) is 13.0. The molecular weight excluding hydrogens is 369 g/mol. The van der Waals surface area contributed by atoms with Crippen LogP contribution in [-0.2, 0) is 0 Å². The molecule has 1 fully saturated rings. The van der Waals surface area contributed by atoms with E-state index in [0.717, 1.165) is 15.4 Å². The molecule has 8 nitrogen and oxygen atoms in total. The Bertz CT molecular complexity index is 994. The third-order valence-corrected chi connectivity index (χ3v) is 5.29. The molecule has 3 aromatic rings. The van der Waals surface area contributed by atoms with Gasteiger partial charge in [0.2, 0.25) is 0 Å². The summed E-state index contributed by atoms with van der Waals surface area (Å²) in [6.07, 6.45) is 0.858. The molecule has 0 aromatic carbocycles. The highest BCUT2D eigenvalue weighted by Crippen LogP contribution is 2.24. The van der Waals surface area contributed by atoms with Gasteiger partial charge < -0.3 is 10.6 Å². The number of nitrogens with one attached hydrogen (secondary N) is 1. The average molecular weight is 387 g/mol. The fourth-order valence-corrected chi connectivity index (χ4v) is 3.56. The molecule has 1 saturated heterocycles. The van der Waals surface area contributed by atoms with Crippen molar-refractivity contribution in [3.8, 4) is 10.7 Å². The number of nitrogens with two attached hydrogens (primary N) is 1. The third-order valence-electron chi connectivity index (χ3n) is 4.43. The highest BCUT2D eigenvalue weighted by molar-refractivity contribution is 7.14. The molecule has 0 unspecified atom stereocenters. The maximum Gasteiger partial charge on any atom is 0.323 e. The van der Waals surface area contributed by atoms with Crippen LogP contribution in [-0.4, -0.2) is 56.4 Å². The first kappa shape index (κ1) is 17.7. The van der Waals surface area contributed by atoms with Gasteiger partial charge in [-0.3, -0.25) is 5.32 Å². The summed E-state index contributed by atoms with van der Waals surface area (Å²) in [6, 6.07) is 4.53. The number of halogens is 1. The molecule has 10 heteroatoms. The number of fused-ring (bicyclic) bond motifs is 1. The number of alkyl halides is 1. The normalized spacial score (nSPS) is 20.0. The van der Waals surface area contributed by atoms with Gasteiger partial charge in [-0.2, -0.15) is 0 Å². The van der Waals surface area contributed by atoms with E-state index in [4.69, 9.17) is 5.73 Å². The van der Waals surface area contributed by atoms with Crippen LogP contribution in [0.2, 0.25) is 0 Å². The molecular formula is C17H18FN7OS. The van der Waals surface area contributed by atoms with Crippen molar-refractivity contribution in [1.82, 2.24) is 25.1 Å². The number of amides is 2. The van der Waals surface area contributed by atoms with Crippen molar-refractivity contribution in [2.75, 3.05) is 18.4 Å². The summed E-state index contributed by atoms with van der Waals surface area (Å²) in [5, 5.41) is 13.3. The topological polar surface area (TPSA) is 110 Å². The summed E-state index contributed by atoms with van der Waals surface area (Å²) in [6.45, 7) is 2.29. The lowest BCUT2D eigenvalue weighted by molar-refractivity contribution is 0.137. The Morgan fingerprint density at radius 3 is 3.00 bits per heavy atom. The number of carbonyl (C=O) groups excluding carboxylic acids is 1. The number of carbonyl (C=O) groups is 1. The Balaban J connectivity index is 1.54. The van der Waals surface area contributed by atoms with Crippen molar-refractivity contribution in [3.05, 3.63) is 29.4 Å². The maximum atomic E-state index is 13.8. The highest BCUT2D eigenvalue weighted by Gasteiger charge is 2.29. The number of rotatable bonds is 2. The lowest BCUT2D eigenvalue weighted by Crippen LogP contribution is -2.51. The first-order valence-corrected chi connectivity index (χ1v) is 9.34. The molecule has 0 bridgehead atoms. The van der Waals surface area contributed by atoms with Crippen molar-refractivity contribution in [3.63, 3.8) is 0 Å². The molecule has 4 rings (SSSR count). The van der Waals surface area contributed by atoms with E-state index in [0.29, 0.717) is 30.0 Å². The Labute approximate surface area is 158 Å². The largest absolute Gasteiger partial charge is 0.325 e. The van der Waals surface area contributed by atoms with Gasteiger partial charge in [0.25, 0.3) is 0 Å². The summed E-state index contributed by atoms with van der Waals surface area (Å²) < 4.78 is 13.8. The summed E-state index contributed by atoms with van der Waals surface area (Å²) >= 11 is 1.46. The second kappa shape index (κ2) is 7.12. The fourth-order valence-electron chi connectivity index (χ4n) is 2.90. The van der Waals surface area contributed by atoms with E-state index in [1.165, 1.54) is 16.2 Å². The molecule has 0 spiro atoms. The van der Waals surface area contributed by atoms with Crippen LogP contribution in [0.25, 0.3) is 21.6 Å². The quantitative estimate of drug-likeness (QED) is 0.698. The van der Waals surface area contributed by atoms with E-state index in [1.54, 1.807) is 12.3 Å². The maximum absolute atomic E-state index is 13.8. The Hall–Kier alpha value is -2.72. The third kappa shape index (κ3) is 3.71. The number of aryl methyl sites for hydroxylation is 1. The number of urea groups is 1. The van der Waals surface area contributed by atoms with Crippen LogP contribution in [0.5, 0.6) is 0 Å². The van der Waals surface area contributed by atoms with Gasteiger partial charge in [-0.25, -0.2) is 19.2 Å². The minimum atomic E-state index is -1.21. The molecule has 27 heavy (non-hydrogen) atoms. The number of anilines is 1. The fraction of sp³-hybridized carbons (Fsp3) is 0.353. The molecule has 140 valence electrons. The number of pyridine rings is 2. The molecule has 1 aliphatic rings. The van der Waals surface area contributed by atoms with Gasteiger partial charge in [-0.05, 0) is 25.5 Å². The number of nitrogens with zero attached hydrogens (tertiary/aromatic N) is 5. The van der Waals surface area contributed by atoms with Crippen LogP contribution in [0, 0.1) is 6.92 Å². The summed E-state index contributed by atoms with van der Waals surface area (Å²) in [5.41, 5.74) is 7.04. The molecule has 0 aliphatic carbocycles. The van der Waals surface area contributed by atoms with Crippen LogP contribution in [0.1, 0.15) is 11.4 Å². The van der Waals surface area contributed by atoms with Crippen molar-refractivity contribution < 1.29 is 9.18 Å². The first-order valence-electron chi connectivity index (χ1n) is 8.52. The van der Waals surface area contributed by atoms with Crippen LogP contribution >= 0.6 is 11.3 Å². The summed E-state index contributed by atoms with van der Waals surface area (Å²) in [4.78, 5) is 22.6. The minimum Gasteiger partial charge on any atom is -0.325 e. The molecule has 1 aliphatic heterocycles. The molecule has 0 saturated carbocycles. The van der Waals surface area contributed by atoms with E-state index in [1.807, 2.05) is 19.1 Å². The highest BCUT2D eigenvalue weighted by atomic mass is 32.1. The lowest BCUT2D eigenvalue weighted by Gasteiger charge is -2.32. The SMILES string of the molecule is Cc1nnc(-c2ccc3cnc(NC(=O)N4CC[C@@H](N)[C@H](F)C4)cc3n2)s1. The molecule has 2 atom stereocenters. The second-order valence-electron chi connectivity index (χ2n) is 6.43. The number of piperidine rings is 1. The van der Waals surface area contributed by atoms with Gasteiger partial charge in [0.05, 0.1) is 12.1 Å². The predicted octanol–water partition coefficient (Wildman–Crippen LogP) is 2.36. The van der Waals surface area contributed by atoms with Crippen molar-refractivity contribution >= 4 is 34.1 Å². The van der Waals surface area contributed by atoms with E-state index in [9.17, 15) is 9.18 Å². The summed E-state index contributed by atoms with van der Waals surface area (Å²) in [5.74, 6) is 0.357. The van der Waals surface area contributed by atoms with E-state index in [-0.39, 0.29) is 6.54 Å². The lowest BCUT2D eigenvalue weighted by atomic mass is 10.0. The van der Waals surface area contributed by atoms with Crippen LogP contribution in [0.4, 0.5) is 15.0 Å². The van der Waals surface area contributed by atoms with Gasteiger partial charge >= 0.3 is 6.03 Å². The Morgan fingerprint density at radius 2 is 2.26 bits per heavy atom. The monoisotopic (exact) mass is 387 g/mol. The standard InChI is InChI=1S/C17H18FN7OS/c1-9-23-24-16(27-9)13-3-2-10-7-20-15(6-14(10)21-13)22-17(26)25-5-4-12(19)11(18)8-25/h2-3,6-7,11-12H,4-5,8,19H2,1H3,(H,20,22,26)/t11-,12-/m1/s1. The van der Waals surface area contributed by atoms with Crippen molar-refractivity contribution in [2.45, 2.75) is 25.6 Å². The van der Waals surface area contributed by atoms with Gasteiger partial charge in [0, 0.05) is 30.2 Å². The van der Waals surface area contributed by atoms with Gasteiger partial charge in [0.1, 0.15) is 22.7 Å². The second-order valence-corrected chi connectivity index (χ2v) is 7.61. The zero-order valence-corrected chi connectivity index (χ0v) is 15.4. The summed E-state index contributed by atoms with van der Waals surface area (Å²) in [7, 11) is 0. The van der Waals surface area contributed by atoms with Gasteiger partial charge in [-0.1, -0.05) is 11.3 Å². The van der Waals surface area contributed by atoms with E-state index in [2.05, 4.69) is 25.5 Å². The molecule has 3 aromatic heterocycles. The van der Waals surface area contributed by atoms with Crippen LogP contribution in [0.15, 0.2) is 24.4 Å². The van der Waals surface area contributed by atoms with Gasteiger partial charge in [0.15, 0.2) is 5.01 Å². The minimum absolute atomic E-state index is 0.0145. The molecule has 3 N–H and O–H groups in total. The zero-order valence-electron chi connectivity index (χ0n) is 14.6. The molecule has 4 heterocycles. The number of hydrogen-bond acceptors (Lipinski definition) is 7. The van der Waals surface area contributed by atoms with E-state index >= 15 is 0 Å². The Morgan fingerprint density at radius 1 is 1.41 bits per heavy atom. The van der Waals surface area contributed by atoms with Crippen LogP contribution < -0.4 is 11.1 Å². The molecule has 0 radical (unpaired) electrons. The smallest absolute Gasteiger partial charge is 0.323 e. The van der Waals surface area contributed by atoms with Crippen molar-refractivity contribution in [2.24, 2.45) is 5.73 Å². The zero-order chi connectivity index (χ0) is 19.0. The Kier molecular flexibility index (Phi) is 4.66. The van der Waals surface area contributed by atoms with E-state index < -0.39 is 18.2 Å². The average Bonchev–Trinajstić information content (AvgIpc) is 3.09. The van der Waals surface area contributed by atoms with Crippen molar-refractivity contribution in [1.29, 1.82) is 0 Å². The molecule has 2 amide bonds. The van der Waals surface area contributed by atoms with Gasteiger partial charge in [-0.15, -0.1) is 10.2 Å². The number of aromatic nitrogens is 4. The number of hydrogen-bond donors (Lipinski definition) is 2. The number of likely N-dealkylation sites (tertiary alicyclic amines) is 1. The predicted molar refractivity (Wildman–Crippen MR) is 101 cm³/mol. The van der Waals surface area contributed by atoms with Crippen LogP contribution in [0.3, 0.4) is 0 Å².